The van der Waals surface area contributed by atoms with Gasteiger partial charge in [0.25, 0.3) is 5.91 Å². The molecule has 4 nitrogen and oxygen atoms in total. The van der Waals surface area contributed by atoms with Gasteiger partial charge in [0.05, 0.1) is 24.4 Å². The molecule has 3 heterocycles. The summed E-state index contributed by atoms with van der Waals surface area (Å²) in [5, 5.41) is 14.6. The highest BCUT2D eigenvalue weighted by Crippen LogP contribution is 2.32. The summed E-state index contributed by atoms with van der Waals surface area (Å²) in [7, 11) is 0. The van der Waals surface area contributed by atoms with Crippen molar-refractivity contribution in [3.63, 3.8) is 0 Å². The van der Waals surface area contributed by atoms with E-state index in [-0.39, 0.29) is 5.91 Å². The van der Waals surface area contributed by atoms with Gasteiger partial charge in [0.15, 0.2) is 0 Å². The number of aromatic nitrogens is 1. The highest BCUT2D eigenvalue weighted by molar-refractivity contribution is 7.17. The van der Waals surface area contributed by atoms with Gasteiger partial charge in [-0.05, 0) is 25.3 Å². The third kappa shape index (κ3) is 2.31. The minimum absolute atomic E-state index is 0.0250. The average Bonchev–Trinajstić information content (AvgIpc) is 2.93. The standard InChI is InChI=1S/C13H14N2O2S2/c1-8-10(12(16)15-6-13(2,17)7-15)19-11(14-8)9-3-4-18-5-9/h3-5,17H,6-7H2,1-2H3. The third-order valence-electron chi connectivity index (χ3n) is 3.11. The van der Waals surface area contributed by atoms with Crippen molar-refractivity contribution in [1.82, 2.24) is 9.88 Å². The molecule has 0 bridgehead atoms. The molecule has 6 heteroatoms. The number of carbonyl (C=O) groups is 1. The maximum absolute atomic E-state index is 12.3. The fourth-order valence-corrected chi connectivity index (χ4v) is 3.91. The van der Waals surface area contributed by atoms with Crippen LogP contribution in [0.4, 0.5) is 0 Å². The molecule has 1 saturated heterocycles. The van der Waals surface area contributed by atoms with Crippen molar-refractivity contribution in [2.24, 2.45) is 0 Å². The van der Waals surface area contributed by atoms with Crippen molar-refractivity contribution < 1.29 is 9.90 Å². The highest BCUT2D eigenvalue weighted by Gasteiger charge is 2.40. The molecule has 0 saturated carbocycles. The first kappa shape index (κ1) is 12.8. The normalized spacial score (nSPS) is 17.3. The van der Waals surface area contributed by atoms with Gasteiger partial charge in [-0.15, -0.1) is 11.3 Å². The zero-order valence-electron chi connectivity index (χ0n) is 10.7. The Morgan fingerprint density at radius 2 is 2.26 bits per heavy atom. The average molecular weight is 294 g/mol. The van der Waals surface area contributed by atoms with Crippen molar-refractivity contribution in [2.45, 2.75) is 19.4 Å². The van der Waals surface area contributed by atoms with Gasteiger partial charge in [0.1, 0.15) is 9.88 Å². The van der Waals surface area contributed by atoms with Crippen LogP contribution in [0.5, 0.6) is 0 Å². The van der Waals surface area contributed by atoms with Crippen molar-refractivity contribution in [1.29, 1.82) is 0 Å². The molecule has 1 aliphatic heterocycles. The summed E-state index contributed by atoms with van der Waals surface area (Å²) in [4.78, 5) is 19.1. The Bertz CT molecular complexity index is 609. The van der Waals surface area contributed by atoms with Crippen LogP contribution in [0.3, 0.4) is 0 Å². The van der Waals surface area contributed by atoms with E-state index in [1.54, 1.807) is 23.2 Å². The van der Waals surface area contributed by atoms with Gasteiger partial charge in [0.2, 0.25) is 0 Å². The first-order valence-electron chi connectivity index (χ1n) is 5.98. The number of likely N-dealkylation sites (tertiary alicyclic amines) is 1. The molecule has 0 spiro atoms. The first-order chi connectivity index (χ1) is 8.96. The number of aryl methyl sites for hydroxylation is 1. The number of thiazole rings is 1. The van der Waals surface area contributed by atoms with Crippen LogP contribution in [-0.2, 0) is 0 Å². The smallest absolute Gasteiger partial charge is 0.266 e. The van der Waals surface area contributed by atoms with Crippen LogP contribution in [-0.4, -0.2) is 39.6 Å². The molecule has 0 unspecified atom stereocenters. The van der Waals surface area contributed by atoms with Gasteiger partial charge >= 0.3 is 0 Å². The molecule has 0 atom stereocenters. The number of nitrogens with zero attached hydrogens (tertiary/aromatic N) is 2. The molecule has 0 aliphatic carbocycles. The monoisotopic (exact) mass is 294 g/mol. The fourth-order valence-electron chi connectivity index (χ4n) is 2.17. The lowest BCUT2D eigenvalue weighted by molar-refractivity contribution is -0.0667. The largest absolute Gasteiger partial charge is 0.386 e. The van der Waals surface area contributed by atoms with E-state index in [0.29, 0.717) is 18.0 Å². The molecule has 19 heavy (non-hydrogen) atoms. The van der Waals surface area contributed by atoms with Crippen molar-refractivity contribution >= 4 is 28.6 Å². The lowest BCUT2D eigenvalue weighted by atomic mass is 9.97. The highest BCUT2D eigenvalue weighted by atomic mass is 32.1. The molecule has 1 N–H and O–H groups in total. The molecule has 1 amide bonds. The van der Waals surface area contributed by atoms with Crippen LogP contribution < -0.4 is 0 Å². The van der Waals surface area contributed by atoms with Crippen LogP contribution >= 0.6 is 22.7 Å². The molecule has 1 aliphatic rings. The van der Waals surface area contributed by atoms with Gasteiger partial charge in [-0.3, -0.25) is 4.79 Å². The van der Waals surface area contributed by atoms with Gasteiger partial charge in [-0.25, -0.2) is 4.98 Å². The fraction of sp³-hybridized carbons (Fsp3) is 0.385. The van der Waals surface area contributed by atoms with Crippen LogP contribution in [0.1, 0.15) is 22.3 Å². The molecule has 0 radical (unpaired) electrons. The lowest BCUT2D eigenvalue weighted by Crippen LogP contribution is -2.61. The minimum Gasteiger partial charge on any atom is -0.386 e. The second-order valence-electron chi connectivity index (χ2n) is 5.10. The van der Waals surface area contributed by atoms with Crippen LogP contribution in [0.15, 0.2) is 16.8 Å². The van der Waals surface area contributed by atoms with Gasteiger partial charge < -0.3 is 10.0 Å². The van der Waals surface area contributed by atoms with Gasteiger partial charge in [-0.1, -0.05) is 0 Å². The number of aliphatic hydroxyl groups is 1. The summed E-state index contributed by atoms with van der Waals surface area (Å²) in [6, 6.07) is 2.01. The molecule has 2 aromatic rings. The number of rotatable bonds is 2. The Balaban J connectivity index is 1.84. The molecular weight excluding hydrogens is 280 g/mol. The summed E-state index contributed by atoms with van der Waals surface area (Å²) in [6.45, 7) is 4.40. The van der Waals surface area contributed by atoms with Gasteiger partial charge in [0, 0.05) is 10.9 Å². The van der Waals surface area contributed by atoms with E-state index >= 15 is 0 Å². The molecule has 1 fully saturated rings. The van der Waals surface area contributed by atoms with E-state index in [2.05, 4.69) is 4.98 Å². The van der Waals surface area contributed by atoms with E-state index in [9.17, 15) is 9.90 Å². The van der Waals surface area contributed by atoms with E-state index < -0.39 is 5.60 Å². The van der Waals surface area contributed by atoms with Crippen molar-refractivity contribution in [3.8, 4) is 10.6 Å². The summed E-state index contributed by atoms with van der Waals surface area (Å²) in [6.07, 6.45) is 0. The summed E-state index contributed by atoms with van der Waals surface area (Å²) < 4.78 is 0. The lowest BCUT2D eigenvalue weighted by Gasteiger charge is -2.43. The number of thiophene rings is 1. The summed E-state index contributed by atoms with van der Waals surface area (Å²) >= 11 is 3.04. The maximum atomic E-state index is 12.3. The quantitative estimate of drug-likeness (QED) is 0.925. The van der Waals surface area contributed by atoms with Gasteiger partial charge in [-0.2, -0.15) is 11.3 Å². The summed E-state index contributed by atoms with van der Waals surface area (Å²) in [5.41, 5.74) is 1.10. The number of amides is 1. The van der Waals surface area contributed by atoms with E-state index in [1.807, 2.05) is 23.8 Å². The third-order valence-corrected chi connectivity index (χ3v) is 4.99. The van der Waals surface area contributed by atoms with Crippen LogP contribution in [0.25, 0.3) is 10.6 Å². The molecule has 2 aromatic heterocycles. The Kier molecular flexibility index (Phi) is 2.96. The number of carbonyl (C=O) groups excluding carboxylic acids is 1. The predicted octanol–water partition coefficient (Wildman–Crippen LogP) is 2.39. The molecular formula is C13H14N2O2S2. The molecule has 3 rings (SSSR count). The Hall–Kier alpha value is -1.24. The first-order valence-corrected chi connectivity index (χ1v) is 7.74. The molecule has 100 valence electrons. The van der Waals surface area contributed by atoms with E-state index in [4.69, 9.17) is 0 Å². The summed E-state index contributed by atoms with van der Waals surface area (Å²) in [5.74, 6) is -0.0250. The zero-order chi connectivity index (χ0) is 13.6. The number of hydrogen-bond acceptors (Lipinski definition) is 5. The predicted molar refractivity (Wildman–Crippen MR) is 76.7 cm³/mol. The van der Waals surface area contributed by atoms with E-state index in [1.165, 1.54) is 11.3 Å². The van der Waals surface area contributed by atoms with Crippen LogP contribution in [0, 0.1) is 6.92 Å². The van der Waals surface area contributed by atoms with E-state index in [0.717, 1.165) is 16.3 Å². The minimum atomic E-state index is -0.732. The Labute approximate surface area is 119 Å². The SMILES string of the molecule is Cc1nc(-c2ccsc2)sc1C(=O)N1CC(C)(O)C1. The Morgan fingerprint density at radius 3 is 2.84 bits per heavy atom. The number of hydrogen-bond donors (Lipinski definition) is 1. The second kappa shape index (κ2) is 4.40. The maximum Gasteiger partial charge on any atom is 0.266 e. The van der Waals surface area contributed by atoms with Crippen LogP contribution in [0.2, 0.25) is 0 Å². The topological polar surface area (TPSA) is 53.4 Å². The van der Waals surface area contributed by atoms with Crippen molar-refractivity contribution in [2.75, 3.05) is 13.1 Å². The Morgan fingerprint density at radius 1 is 1.53 bits per heavy atom. The zero-order valence-corrected chi connectivity index (χ0v) is 12.3. The number of β-amino-alcohol motifs (C(OH)–C–C–N with tert-alkyl or cyclic N) is 1. The second-order valence-corrected chi connectivity index (χ2v) is 6.88. The molecule has 0 aromatic carbocycles. The van der Waals surface area contributed by atoms with Crippen molar-refractivity contribution in [3.05, 3.63) is 27.4 Å².